The number of ether oxygens (including phenoxy) is 6. The number of aliphatic hydroxyl groups is 2. The van der Waals surface area contributed by atoms with E-state index >= 15 is 19.2 Å². The molecular formula is C63H69N15O17S5. The summed E-state index contributed by atoms with van der Waals surface area (Å²) in [5.74, 6) is -6.11. The van der Waals surface area contributed by atoms with Gasteiger partial charge in [-0.05, 0) is 73.6 Å². The van der Waals surface area contributed by atoms with Crippen molar-refractivity contribution in [3.63, 3.8) is 0 Å². The van der Waals surface area contributed by atoms with Crippen LogP contribution in [-0.2, 0) is 57.8 Å². The average molecular weight is 1470 g/mol. The summed E-state index contributed by atoms with van der Waals surface area (Å²) < 4.78 is 38.3. The number of methoxy groups -OCH3 is 1. The number of pyridine rings is 1. The summed E-state index contributed by atoms with van der Waals surface area (Å²) in [4.78, 5) is 134. The molecule has 7 aromatic heterocycles. The number of nitrogens with one attached hydrogen (secondary N) is 6. The maximum atomic E-state index is 15.2. The van der Waals surface area contributed by atoms with Crippen LogP contribution in [0.2, 0.25) is 0 Å². The number of esters is 2. The molecule has 1 aromatic carbocycles. The third-order valence-electron chi connectivity index (χ3n) is 16.8. The molecule has 528 valence electrons. The third-order valence-corrected chi connectivity index (χ3v) is 21.4. The van der Waals surface area contributed by atoms with Crippen LogP contribution in [0, 0.1) is 0 Å². The number of aromatic hydroxyl groups is 1. The largest absolute Gasteiger partial charge is 0.506 e. The molecule has 0 spiro atoms. The van der Waals surface area contributed by atoms with Crippen LogP contribution in [0.3, 0.4) is 0 Å². The number of thiazole rings is 5. The van der Waals surface area contributed by atoms with Gasteiger partial charge in [0.05, 0.1) is 55.3 Å². The van der Waals surface area contributed by atoms with Gasteiger partial charge in [0.15, 0.2) is 18.1 Å². The first-order valence-electron chi connectivity index (χ1n) is 31.1. The Morgan fingerprint density at radius 3 is 2.24 bits per heavy atom. The van der Waals surface area contributed by atoms with E-state index in [2.05, 4.69) is 46.9 Å². The number of urea groups is 1. The molecule has 100 heavy (non-hydrogen) atoms. The SMILES string of the molecule is CO/C(C)=C1/NC(=O)C(C(C)O)NC(=O)c2csc(n2)-c2cc(O)c(-c3nc(CNC(=O)NCCN(C)C)cs3)nc2-c2csc(n2)C2COC(=O)c3c4c5c(cccc5n3O)COC(=O)C(OC3CC(C)(O)C(N(C)C)C(C)O3)C(OC4)C(NC(=O)c3csc1n3)c1nc(cs1)C(=O)N2. The van der Waals surface area contributed by atoms with E-state index in [4.69, 9.17) is 43.4 Å². The minimum absolute atomic E-state index is 0.000500. The number of aromatic nitrogens is 7. The lowest BCUT2D eigenvalue weighted by molar-refractivity contribution is -0.280. The van der Waals surface area contributed by atoms with E-state index in [9.17, 15) is 34.9 Å². The van der Waals surface area contributed by atoms with Gasteiger partial charge < -0.3 is 90.6 Å². The Labute approximate surface area is 589 Å². The molecule has 37 heteroatoms. The van der Waals surface area contributed by atoms with Gasteiger partial charge in [-0.2, -0.15) is 4.73 Å². The molecule has 12 bridgehead atoms. The van der Waals surface area contributed by atoms with Gasteiger partial charge in [-0.3, -0.25) is 19.2 Å². The van der Waals surface area contributed by atoms with Crippen molar-refractivity contribution in [1.82, 2.24) is 76.3 Å². The van der Waals surface area contributed by atoms with Gasteiger partial charge in [0.25, 0.3) is 17.7 Å². The zero-order valence-corrected chi connectivity index (χ0v) is 59.1. The number of nitrogens with zero attached hydrogens (tertiary/aromatic N) is 9. The van der Waals surface area contributed by atoms with Crippen LogP contribution >= 0.6 is 56.7 Å². The lowest BCUT2D eigenvalue weighted by Gasteiger charge is -2.48. The van der Waals surface area contributed by atoms with Gasteiger partial charge in [0.2, 0.25) is 5.91 Å². The number of aliphatic hydroxyl groups excluding tert-OH is 1. The number of cyclic esters (lactones) is 2. The summed E-state index contributed by atoms with van der Waals surface area (Å²) in [5, 5.41) is 71.9. The number of carbonyl (C=O) groups is 7. The molecule has 11 heterocycles. The van der Waals surface area contributed by atoms with Crippen LogP contribution in [0.4, 0.5) is 4.79 Å². The average Bonchev–Trinajstić information content (AvgIpc) is 1.59. The second-order valence-corrected chi connectivity index (χ2v) is 28.9. The lowest BCUT2D eigenvalue weighted by atomic mass is 9.85. The first-order valence-corrected chi connectivity index (χ1v) is 35.5. The number of benzene rings is 1. The zero-order valence-electron chi connectivity index (χ0n) is 55.0. The number of carbonyl (C=O) groups excluding carboxylic acids is 7. The van der Waals surface area contributed by atoms with Gasteiger partial charge in [-0.15, -0.1) is 56.7 Å². The van der Waals surface area contributed by atoms with Crippen molar-refractivity contribution in [2.24, 2.45) is 0 Å². The van der Waals surface area contributed by atoms with Crippen molar-refractivity contribution >= 4 is 115 Å². The second kappa shape index (κ2) is 29.3. The summed E-state index contributed by atoms with van der Waals surface area (Å²) >= 11 is 4.85. The molecule has 8 aromatic rings. The predicted molar refractivity (Wildman–Crippen MR) is 363 cm³/mol. The molecule has 4 aliphatic rings. The van der Waals surface area contributed by atoms with Crippen molar-refractivity contribution in [1.29, 1.82) is 0 Å². The first-order chi connectivity index (χ1) is 47.7. The number of rotatable bonds is 11. The summed E-state index contributed by atoms with van der Waals surface area (Å²) in [7, 11) is 8.63. The van der Waals surface area contributed by atoms with Crippen molar-refractivity contribution < 1.29 is 82.5 Å². The highest BCUT2D eigenvalue weighted by Crippen LogP contribution is 2.43. The van der Waals surface area contributed by atoms with E-state index in [1.54, 1.807) is 55.7 Å². The van der Waals surface area contributed by atoms with Gasteiger partial charge in [0, 0.05) is 62.9 Å². The van der Waals surface area contributed by atoms with Crippen LogP contribution < -0.4 is 31.9 Å². The van der Waals surface area contributed by atoms with E-state index in [-0.39, 0.29) is 111 Å². The Morgan fingerprint density at radius 2 is 1.51 bits per heavy atom. The molecule has 0 radical (unpaired) electrons. The Bertz CT molecular complexity index is 4520. The van der Waals surface area contributed by atoms with Crippen LogP contribution in [0.5, 0.6) is 5.75 Å². The number of fused-ring (bicyclic) bond motifs is 15. The fourth-order valence-electron chi connectivity index (χ4n) is 12.1. The summed E-state index contributed by atoms with van der Waals surface area (Å²) in [6.45, 7) is 5.39. The summed E-state index contributed by atoms with van der Waals surface area (Å²) in [6.07, 6.45) is -7.46. The lowest BCUT2D eigenvalue weighted by Crippen LogP contribution is -2.62. The highest BCUT2D eigenvalue weighted by molar-refractivity contribution is 7.14. The highest BCUT2D eigenvalue weighted by Gasteiger charge is 2.50. The predicted octanol–water partition coefficient (Wildman–Crippen LogP) is 4.52. The molecule has 10 atom stereocenters. The number of likely N-dealkylation sites (N-methyl/N-ethyl adjacent to an activating group) is 2. The summed E-state index contributed by atoms with van der Waals surface area (Å²) in [5.41, 5.74) is -1.58. The normalized spacial score (nSPS) is 23.9. The van der Waals surface area contributed by atoms with E-state index in [0.29, 0.717) is 29.1 Å². The molecule has 10 N–H and O–H groups in total. The molecule has 0 aliphatic carbocycles. The summed E-state index contributed by atoms with van der Waals surface area (Å²) in [6, 6.07) is 0.464. The smallest absolute Gasteiger partial charge is 0.358 e. The quantitative estimate of drug-likeness (QED) is 0.0483. The number of hydrogen-bond donors (Lipinski definition) is 10. The maximum absolute atomic E-state index is 15.2. The zero-order chi connectivity index (χ0) is 71.2. The number of hydrogen-bond acceptors (Lipinski definition) is 30. The molecule has 1 saturated heterocycles. The molecule has 12 rings (SSSR count). The van der Waals surface area contributed by atoms with Crippen LogP contribution in [0.15, 0.2) is 56.9 Å². The monoisotopic (exact) mass is 1470 g/mol. The van der Waals surface area contributed by atoms with Crippen molar-refractivity contribution in [3.05, 3.63) is 112 Å². The molecular weight excluding hydrogens is 1400 g/mol. The Kier molecular flexibility index (Phi) is 20.8. The molecule has 10 unspecified atom stereocenters. The minimum Gasteiger partial charge on any atom is -0.506 e. The van der Waals surface area contributed by atoms with Gasteiger partial charge in [-0.25, -0.2) is 44.3 Å². The molecule has 32 nitrogen and oxygen atoms in total. The third kappa shape index (κ3) is 14.6. The fourth-order valence-corrected chi connectivity index (χ4v) is 16.3. The first kappa shape index (κ1) is 70.9. The van der Waals surface area contributed by atoms with E-state index < -0.39 is 128 Å². The molecule has 4 aliphatic heterocycles. The van der Waals surface area contributed by atoms with Crippen molar-refractivity contribution in [2.75, 3.05) is 55.0 Å². The minimum atomic E-state index is -1.90. The number of amides is 6. The standard InChI is InChI=1S/C63H69N15O17S5/c1-26(79)42-54(84)74-43(27(2)90-9)57-70-37(25-99-57)53(83)75-46-48-49(95-40-16-63(4,88)50(77(7)8)28(3)94-40)61(86)92-18-29-11-10-12-38-41(29)32(19-91-48)47(78(38)89)60(85)93-20-33(67-51(81)35-24-100-59(46)71-35)56-68-34(22-98-56)44-31(55-69-36(23-97-55)52(82)73-42)15-39(80)45(72-44)58-66-30(21-96-58)17-65-62(87)64-13-14-76(5)6/h10-12,15,21-26,28,33,40,42,46,48-50,79-80,88-89H,13-14,16-20H2,1-9H3,(H,67,81)(H,73,82)(H,74,84)(H,75,83)(H2,64,65,87)/b43-27+. The van der Waals surface area contributed by atoms with E-state index in [1.807, 2.05) is 19.0 Å². The van der Waals surface area contributed by atoms with Gasteiger partial charge in [-0.1, -0.05) is 12.1 Å². The Hall–Kier alpha value is -8.99. The fraction of sp³-hybridized carbons (Fsp3) is 0.413. The maximum Gasteiger partial charge on any atom is 0.358 e. The van der Waals surface area contributed by atoms with Crippen molar-refractivity contribution in [2.45, 2.75) is 114 Å². The van der Waals surface area contributed by atoms with Crippen LogP contribution in [0.1, 0.15) is 120 Å². The van der Waals surface area contributed by atoms with Crippen LogP contribution in [-0.4, -0.2) is 210 Å². The topological polar surface area (TPSA) is 417 Å². The second-order valence-electron chi connectivity index (χ2n) is 24.5. The molecule has 1 fully saturated rings. The van der Waals surface area contributed by atoms with Crippen LogP contribution in [0.25, 0.3) is 49.3 Å². The van der Waals surface area contributed by atoms with Gasteiger partial charge >= 0.3 is 18.0 Å². The van der Waals surface area contributed by atoms with Gasteiger partial charge in [0.1, 0.15) is 114 Å². The van der Waals surface area contributed by atoms with E-state index in [1.165, 1.54) is 49.2 Å². The Balaban J connectivity index is 1.02. The molecule has 0 saturated carbocycles. The highest BCUT2D eigenvalue weighted by atomic mass is 32.1. The molecule has 6 amide bonds. The number of allylic oxidation sites excluding steroid dienone is 1. The van der Waals surface area contributed by atoms with Crippen molar-refractivity contribution in [3.8, 4) is 38.4 Å². The Morgan fingerprint density at radius 1 is 0.830 bits per heavy atom. The van der Waals surface area contributed by atoms with E-state index in [0.717, 1.165) is 56.7 Å².